The van der Waals surface area contributed by atoms with Crippen LogP contribution in [-0.4, -0.2) is 42.1 Å². The number of Topliss-reactive ketones (excluding diaryl/α,β-unsaturated/α-hetero) is 1. The molecule has 0 saturated heterocycles. The summed E-state index contributed by atoms with van der Waals surface area (Å²) in [7, 11) is 2.00. The third-order valence-corrected chi connectivity index (χ3v) is 2.33. The van der Waals surface area contributed by atoms with Crippen LogP contribution in [0, 0.1) is 0 Å². The zero-order chi connectivity index (χ0) is 15.7. The average Bonchev–Trinajstić information content (AvgIpc) is 2.35. The molecule has 0 fully saturated rings. The highest BCUT2D eigenvalue weighted by molar-refractivity contribution is 6.33. The van der Waals surface area contributed by atoms with Crippen molar-refractivity contribution >= 4 is 17.4 Å². The quantitative estimate of drug-likeness (QED) is 0.485. The van der Waals surface area contributed by atoms with Gasteiger partial charge in [-0.25, -0.2) is 0 Å². The van der Waals surface area contributed by atoms with Crippen LogP contribution in [0.1, 0.15) is 10.4 Å². The molecule has 0 aliphatic heterocycles. The number of rotatable bonds is 4. The summed E-state index contributed by atoms with van der Waals surface area (Å²) in [5, 5.41) is -0.942. The van der Waals surface area contributed by atoms with Crippen LogP contribution in [-0.2, 0) is 0 Å². The van der Waals surface area contributed by atoms with Gasteiger partial charge < -0.3 is 9.47 Å². The number of alkyl halides is 5. The van der Waals surface area contributed by atoms with E-state index in [1.54, 1.807) is 0 Å². The van der Waals surface area contributed by atoms with Crippen molar-refractivity contribution in [3.05, 3.63) is 10.7 Å². The predicted molar refractivity (Wildman–Crippen MR) is 55.5 cm³/mol. The molecule has 0 atom stereocenters. The third-order valence-electron chi connectivity index (χ3n) is 2.06. The molecule has 0 aromatic carbocycles. The highest BCUT2D eigenvalue weighted by Gasteiger charge is 2.64. The Kier molecular flexibility index (Phi) is 4.37. The van der Waals surface area contributed by atoms with E-state index in [9.17, 15) is 26.7 Å². The van der Waals surface area contributed by atoms with Crippen LogP contribution < -0.4 is 9.47 Å². The van der Waals surface area contributed by atoms with E-state index < -0.39 is 40.5 Å². The molecule has 0 N–H and O–H groups in total. The molecule has 0 bridgehead atoms. The first-order valence-electron chi connectivity index (χ1n) is 4.71. The number of halogens is 6. The van der Waals surface area contributed by atoms with Gasteiger partial charge in [-0.1, -0.05) is 11.6 Å². The maximum atomic E-state index is 13.0. The van der Waals surface area contributed by atoms with Crippen LogP contribution in [0.5, 0.6) is 11.9 Å². The summed E-state index contributed by atoms with van der Waals surface area (Å²) in [6, 6.07) is -0.460. The number of hydrogen-bond acceptors (Lipinski definition) is 5. The molecule has 1 rings (SSSR count). The van der Waals surface area contributed by atoms with E-state index in [1.807, 2.05) is 0 Å². The van der Waals surface area contributed by atoms with E-state index in [0.717, 1.165) is 14.2 Å². The van der Waals surface area contributed by atoms with Gasteiger partial charge >= 0.3 is 18.1 Å². The number of hydrogen-bond donors (Lipinski definition) is 0. The van der Waals surface area contributed by atoms with Crippen molar-refractivity contribution < 1.29 is 36.2 Å². The van der Waals surface area contributed by atoms with E-state index in [1.165, 1.54) is 0 Å². The Balaban J connectivity index is 3.44. The van der Waals surface area contributed by atoms with Gasteiger partial charge in [0.1, 0.15) is 5.56 Å². The molecule has 1 aromatic rings. The van der Waals surface area contributed by atoms with Gasteiger partial charge in [-0.3, -0.25) is 4.79 Å². The molecule has 1 aromatic heterocycles. The van der Waals surface area contributed by atoms with Crippen LogP contribution in [0.2, 0.25) is 5.15 Å². The van der Waals surface area contributed by atoms with E-state index >= 15 is 0 Å². The second kappa shape index (κ2) is 5.35. The number of carbonyl (C=O) groups excluding carboxylic acids is 1. The lowest BCUT2D eigenvalue weighted by atomic mass is 10.1. The summed E-state index contributed by atoms with van der Waals surface area (Å²) in [4.78, 5) is 17.9. The number of aromatic nitrogens is 2. The molecular weight excluding hydrogens is 315 g/mol. The van der Waals surface area contributed by atoms with Crippen molar-refractivity contribution in [3.8, 4) is 11.9 Å². The lowest BCUT2D eigenvalue weighted by Gasteiger charge is -2.19. The summed E-state index contributed by atoms with van der Waals surface area (Å²) in [5.74, 6) is -9.12. The van der Waals surface area contributed by atoms with Crippen LogP contribution >= 0.6 is 11.6 Å². The van der Waals surface area contributed by atoms with E-state index in [-0.39, 0.29) is 0 Å². The van der Waals surface area contributed by atoms with Gasteiger partial charge in [0.15, 0.2) is 5.15 Å². The summed E-state index contributed by atoms with van der Waals surface area (Å²) >= 11 is 5.41. The zero-order valence-corrected chi connectivity index (χ0v) is 10.6. The van der Waals surface area contributed by atoms with Crippen molar-refractivity contribution in [1.29, 1.82) is 0 Å². The van der Waals surface area contributed by atoms with Gasteiger partial charge in [-0.05, 0) is 0 Å². The number of nitrogens with zero attached hydrogens (tertiary/aromatic N) is 2. The molecule has 0 unspecified atom stereocenters. The fourth-order valence-corrected chi connectivity index (χ4v) is 1.35. The van der Waals surface area contributed by atoms with E-state index in [4.69, 9.17) is 11.6 Å². The molecule has 11 heteroatoms. The number of ketones is 1. The highest BCUT2D eigenvalue weighted by Crippen LogP contribution is 2.40. The normalized spacial score (nSPS) is 12.2. The van der Waals surface area contributed by atoms with Crippen molar-refractivity contribution in [2.24, 2.45) is 0 Å². The molecule has 112 valence electrons. The number of methoxy groups -OCH3 is 2. The first kappa shape index (κ1) is 16.3. The molecular formula is C9H6ClF5N2O3. The second-order valence-electron chi connectivity index (χ2n) is 3.29. The first-order chi connectivity index (χ1) is 9.06. The van der Waals surface area contributed by atoms with E-state index in [0.29, 0.717) is 0 Å². The Morgan fingerprint density at radius 3 is 2.05 bits per heavy atom. The summed E-state index contributed by atoms with van der Waals surface area (Å²) in [6.07, 6.45) is -6.08. The Hall–Kier alpha value is -1.71. The number of carbonyl (C=O) groups is 1. The zero-order valence-electron chi connectivity index (χ0n) is 9.89. The second-order valence-corrected chi connectivity index (χ2v) is 3.64. The van der Waals surface area contributed by atoms with Crippen molar-refractivity contribution in [2.45, 2.75) is 12.1 Å². The third kappa shape index (κ3) is 2.74. The van der Waals surface area contributed by atoms with Gasteiger partial charge in [0, 0.05) is 0 Å². The molecule has 0 aliphatic carbocycles. The van der Waals surface area contributed by atoms with Crippen molar-refractivity contribution in [3.63, 3.8) is 0 Å². The Labute approximate surface area is 113 Å². The smallest absolute Gasteiger partial charge is 0.461 e. The minimum absolute atomic E-state index is 0.460. The Bertz CT molecular complexity index is 535. The monoisotopic (exact) mass is 320 g/mol. The van der Waals surface area contributed by atoms with Gasteiger partial charge in [-0.15, -0.1) is 0 Å². The van der Waals surface area contributed by atoms with Gasteiger partial charge in [-0.2, -0.15) is 31.9 Å². The Morgan fingerprint density at radius 2 is 1.65 bits per heavy atom. The van der Waals surface area contributed by atoms with Gasteiger partial charge in [0.2, 0.25) is 11.7 Å². The maximum absolute atomic E-state index is 13.0. The number of ether oxygens (including phenoxy) is 2. The summed E-state index contributed by atoms with van der Waals surface area (Å²) < 4.78 is 71.5. The first-order valence-corrected chi connectivity index (χ1v) is 5.09. The highest BCUT2D eigenvalue weighted by atomic mass is 35.5. The van der Waals surface area contributed by atoms with Crippen molar-refractivity contribution in [2.75, 3.05) is 14.2 Å². The molecule has 0 amide bonds. The van der Waals surface area contributed by atoms with E-state index in [2.05, 4.69) is 19.4 Å². The minimum Gasteiger partial charge on any atom is -0.480 e. The van der Waals surface area contributed by atoms with Crippen LogP contribution in [0.3, 0.4) is 0 Å². The lowest BCUT2D eigenvalue weighted by Crippen LogP contribution is -2.44. The fourth-order valence-electron chi connectivity index (χ4n) is 1.11. The fraction of sp³-hybridized carbons (Fsp3) is 0.444. The summed E-state index contributed by atoms with van der Waals surface area (Å²) in [6.45, 7) is 0. The molecule has 5 nitrogen and oxygen atoms in total. The molecule has 0 radical (unpaired) electrons. The van der Waals surface area contributed by atoms with Gasteiger partial charge in [0.05, 0.1) is 14.2 Å². The van der Waals surface area contributed by atoms with Gasteiger partial charge in [0.25, 0.3) is 0 Å². The molecule has 0 saturated carbocycles. The average molecular weight is 321 g/mol. The molecule has 20 heavy (non-hydrogen) atoms. The predicted octanol–water partition coefficient (Wildman–Crippen LogP) is 2.53. The SMILES string of the molecule is COc1nc(Cl)c(C(=O)C(F)(F)C(F)(F)F)c(OC)n1. The Morgan fingerprint density at radius 1 is 1.10 bits per heavy atom. The summed E-state index contributed by atoms with van der Waals surface area (Å²) in [5.41, 5.74) is -1.28. The molecule has 0 spiro atoms. The van der Waals surface area contributed by atoms with Crippen molar-refractivity contribution in [1.82, 2.24) is 9.97 Å². The minimum atomic E-state index is -6.08. The topological polar surface area (TPSA) is 61.3 Å². The maximum Gasteiger partial charge on any atom is 0.461 e. The standard InChI is InChI=1S/C9H6ClF5N2O3/c1-19-6-3(5(10)16-7(17-6)20-2)4(18)8(11,12)9(13,14)15/h1-2H3. The molecule has 1 heterocycles. The van der Waals surface area contributed by atoms with Crippen LogP contribution in [0.15, 0.2) is 0 Å². The van der Waals surface area contributed by atoms with Crippen LogP contribution in [0.4, 0.5) is 22.0 Å². The molecule has 0 aliphatic rings. The van der Waals surface area contributed by atoms with Crippen LogP contribution in [0.25, 0.3) is 0 Å². The largest absolute Gasteiger partial charge is 0.480 e. The lowest BCUT2D eigenvalue weighted by molar-refractivity contribution is -0.255.